The third kappa shape index (κ3) is 4.32. The highest BCUT2D eigenvalue weighted by Crippen LogP contribution is 2.20. The summed E-state index contributed by atoms with van der Waals surface area (Å²) in [5.74, 6) is -0.915. The molecule has 3 atom stereocenters. The molecule has 0 radical (unpaired) electrons. The van der Waals surface area contributed by atoms with Crippen molar-refractivity contribution < 1.29 is 15.0 Å². The van der Waals surface area contributed by atoms with Crippen molar-refractivity contribution >= 4 is 5.97 Å². The number of carbonyl (C=O) groups is 1. The standard InChI is InChI=1S/C16H25NO3/c1-5-13(17-14(10(2)3)16(19)20)15(18)12-8-6-11(4)7-9-12/h6-10,13-15,17-18H,5H2,1-4H3,(H,19,20). The van der Waals surface area contributed by atoms with Crippen LogP contribution in [0.4, 0.5) is 0 Å². The first-order valence-corrected chi connectivity index (χ1v) is 7.10. The van der Waals surface area contributed by atoms with Crippen molar-refractivity contribution in [3.8, 4) is 0 Å². The zero-order chi connectivity index (χ0) is 15.3. The van der Waals surface area contributed by atoms with Crippen molar-refractivity contribution in [2.45, 2.75) is 52.3 Å². The van der Waals surface area contributed by atoms with Crippen molar-refractivity contribution in [1.82, 2.24) is 5.32 Å². The van der Waals surface area contributed by atoms with Crippen LogP contribution in [-0.2, 0) is 4.79 Å². The number of hydrogen-bond acceptors (Lipinski definition) is 3. The van der Waals surface area contributed by atoms with E-state index in [1.54, 1.807) is 0 Å². The molecule has 0 bridgehead atoms. The molecule has 3 unspecified atom stereocenters. The second-order valence-electron chi connectivity index (χ2n) is 5.60. The molecule has 4 heteroatoms. The minimum Gasteiger partial charge on any atom is -0.480 e. The van der Waals surface area contributed by atoms with E-state index in [9.17, 15) is 15.0 Å². The van der Waals surface area contributed by atoms with Crippen LogP contribution in [0.1, 0.15) is 44.4 Å². The second-order valence-corrected chi connectivity index (χ2v) is 5.60. The van der Waals surface area contributed by atoms with Gasteiger partial charge in [-0.15, -0.1) is 0 Å². The molecular weight excluding hydrogens is 254 g/mol. The van der Waals surface area contributed by atoms with Gasteiger partial charge in [0.25, 0.3) is 0 Å². The van der Waals surface area contributed by atoms with Gasteiger partial charge in [0, 0.05) is 6.04 Å². The lowest BCUT2D eigenvalue weighted by Gasteiger charge is -2.28. The Morgan fingerprint density at radius 2 is 1.80 bits per heavy atom. The van der Waals surface area contributed by atoms with Gasteiger partial charge in [-0.25, -0.2) is 0 Å². The molecule has 1 aromatic carbocycles. The van der Waals surface area contributed by atoms with Gasteiger partial charge in [-0.1, -0.05) is 50.6 Å². The monoisotopic (exact) mass is 279 g/mol. The Morgan fingerprint density at radius 1 is 1.25 bits per heavy atom. The summed E-state index contributed by atoms with van der Waals surface area (Å²) in [7, 11) is 0. The van der Waals surface area contributed by atoms with Crippen molar-refractivity contribution in [2.75, 3.05) is 0 Å². The second kappa shape index (κ2) is 7.41. The largest absolute Gasteiger partial charge is 0.480 e. The number of rotatable bonds is 7. The topological polar surface area (TPSA) is 69.6 Å². The lowest BCUT2D eigenvalue weighted by molar-refractivity contribution is -0.141. The molecule has 0 saturated carbocycles. The van der Waals surface area contributed by atoms with Gasteiger partial charge in [0.15, 0.2) is 0 Å². The molecule has 0 heterocycles. The van der Waals surface area contributed by atoms with E-state index in [1.165, 1.54) is 0 Å². The Kier molecular flexibility index (Phi) is 6.17. The fraction of sp³-hybridized carbons (Fsp3) is 0.562. The normalized spacial score (nSPS) is 15.9. The fourth-order valence-electron chi connectivity index (χ4n) is 2.21. The zero-order valence-electron chi connectivity index (χ0n) is 12.6. The van der Waals surface area contributed by atoms with Gasteiger partial charge < -0.3 is 10.2 Å². The minimum atomic E-state index is -0.880. The Morgan fingerprint density at radius 3 is 2.20 bits per heavy atom. The lowest BCUT2D eigenvalue weighted by atomic mass is 9.96. The van der Waals surface area contributed by atoms with Crippen LogP contribution in [0.2, 0.25) is 0 Å². The summed E-state index contributed by atoms with van der Waals surface area (Å²) >= 11 is 0. The van der Waals surface area contributed by atoms with Crippen LogP contribution in [0.5, 0.6) is 0 Å². The van der Waals surface area contributed by atoms with E-state index in [2.05, 4.69) is 5.32 Å². The van der Waals surface area contributed by atoms with Crippen LogP contribution in [0, 0.1) is 12.8 Å². The quantitative estimate of drug-likeness (QED) is 0.717. The number of carboxylic acids is 1. The van der Waals surface area contributed by atoms with Gasteiger partial charge in [-0.05, 0) is 24.8 Å². The molecular formula is C16H25NO3. The summed E-state index contributed by atoms with van der Waals surface area (Å²) < 4.78 is 0. The summed E-state index contributed by atoms with van der Waals surface area (Å²) in [5.41, 5.74) is 1.94. The summed E-state index contributed by atoms with van der Waals surface area (Å²) in [6.07, 6.45) is -0.0489. The first kappa shape index (κ1) is 16.7. The fourth-order valence-corrected chi connectivity index (χ4v) is 2.21. The first-order chi connectivity index (χ1) is 9.36. The average Bonchev–Trinajstić information content (AvgIpc) is 2.39. The number of aliphatic hydroxyl groups is 1. The number of carboxylic acid groups (broad SMARTS) is 1. The van der Waals surface area contributed by atoms with Gasteiger partial charge >= 0.3 is 5.97 Å². The molecule has 1 rings (SSSR count). The third-order valence-electron chi connectivity index (χ3n) is 3.57. The number of aryl methyl sites for hydroxylation is 1. The van der Waals surface area contributed by atoms with E-state index >= 15 is 0 Å². The molecule has 0 fully saturated rings. The Bertz CT molecular complexity index is 428. The van der Waals surface area contributed by atoms with Crippen molar-refractivity contribution in [3.05, 3.63) is 35.4 Å². The maximum atomic E-state index is 11.3. The first-order valence-electron chi connectivity index (χ1n) is 7.10. The molecule has 20 heavy (non-hydrogen) atoms. The van der Waals surface area contributed by atoms with Crippen molar-refractivity contribution in [1.29, 1.82) is 0 Å². The molecule has 0 saturated heterocycles. The van der Waals surface area contributed by atoms with E-state index in [4.69, 9.17) is 0 Å². The van der Waals surface area contributed by atoms with E-state index in [0.29, 0.717) is 6.42 Å². The van der Waals surface area contributed by atoms with Gasteiger partial charge in [-0.2, -0.15) is 0 Å². The Balaban J connectivity index is 2.84. The summed E-state index contributed by atoms with van der Waals surface area (Å²) in [5, 5.41) is 22.7. The molecule has 0 aliphatic rings. The van der Waals surface area contributed by atoms with E-state index in [0.717, 1.165) is 11.1 Å². The summed E-state index contributed by atoms with van der Waals surface area (Å²) in [4.78, 5) is 11.3. The van der Waals surface area contributed by atoms with Crippen LogP contribution < -0.4 is 5.32 Å². The van der Waals surface area contributed by atoms with Gasteiger partial charge in [0.2, 0.25) is 0 Å². The predicted octanol–water partition coefficient (Wildman–Crippen LogP) is 2.51. The van der Waals surface area contributed by atoms with E-state index < -0.39 is 18.1 Å². The maximum absolute atomic E-state index is 11.3. The van der Waals surface area contributed by atoms with Crippen molar-refractivity contribution in [2.24, 2.45) is 5.92 Å². The number of benzene rings is 1. The highest BCUT2D eigenvalue weighted by Gasteiger charge is 2.28. The van der Waals surface area contributed by atoms with Crippen LogP contribution >= 0.6 is 0 Å². The van der Waals surface area contributed by atoms with Crippen LogP contribution in [0.25, 0.3) is 0 Å². The smallest absolute Gasteiger partial charge is 0.320 e. The number of nitrogens with one attached hydrogen (secondary N) is 1. The molecule has 3 N–H and O–H groups in total. The van der Waals surface area contributed by atoms with Crippen molar-refractivity contribution in [3.63, 3.8) is 0 Å². The molecule has 4 nitrogen and oxygen atoms in total. The van der Waals surface area contributed by atoms with Gasteiger partial charge in [-0.3, -0.25) is 10.1 Å². The molecule has 0 aliphatic heterocycles. The molecule has 1 aromatic rings. The number of aliphatic carboxylic acids is 1. The maximum Gasteiger partial charge on any atom is 0.320 e. The molecule has 0 aliphatic carbocycles. The number of hydrogen-bond donors (Lipinski definition) is 3. The zero-order valence-corrected chi connectivity index (χ0v) is 12.6. The lowest BCUT2D eigenvalue weighted by Crippen LogP contribution is -2.48. The number of aliphatic hydroxyl groups excluding tert-OH is 1. The molecule has 0 aromatic heterocycles. The van der Waals surface area contributed by atoms with Crippen LogP contribution in [-0.4, -0.2) is 28.3 Å². The van der Waals surface area contributed by atoms with E-state index in [1.807, 2.05) is 52.0 Å². The Hall–Kier alpha value is -1.39. The molecule has 0 spiro atoms. The average molecular weight is 279 g/mol. The summed E-state index contributed by atoms with van der Waals surface area (Å²) in [6.45, 7) is 7.65. The SMILES string of the molecule is CCC(NC(C(=O)O)C(C)C)C(O)c1ccc(C)cc1. The molecule has 112 valence electrons. The third-order valence-corrected chi connectivity index (χ3v) is 3.57. The molecule has 0 amide bonds. The summed E-state index contributed by atoms with van der Waals surface area (Å²) in [6, 6.07) is 6.73. The Labute approximate surface area is 120 Å². The van der Waals surface area contributed by atoms with Gasteiger partial charge in [0.1, 0.15) is 6.04 Å². The highest BCUT2D eigenvalue weighted by molar-refractivity contribution is 5.73. The highest BCUT2D eigenvalue weighted by atomic mass is 16.4. The van der Waals surface area contributed by atoms with Crippen LogP contribution in [0.3, 0.4) is 0 Å². The van der Waals surface area contributed by atoms with Gasteiger partial charge in [0.05, 0.1) is 6.10 Å². The van der Waals surface area contributed by atoms with E-state index in [-0.39, 0.29) is 12.0 Å². The predicted molar refractivity (Wildman–Crippen MR) is 79.6 cm³/mol. The minimum absolute atomic E-state index is 0.0354. The van der Waals surface area contributed by atoms with Crippen LogP contribution in [0.15, 0.2) is 24.3 Å².